The Morgan fingerprint density at radius 2 is 2.19 bits per heavy atom. The second-order valence-electron chi connectivity index (χ2n) is 5.54. The summed E-state index contributed by atoms with van der Waals surface area (Å²) in [5, 5.41) is 13.9. The minimum absolute atomic E-state index is 0.223. The predicted octanol–water partition coefficient (Wildman–Crippen LogP) is 2.12. The van der Waals surface area contributed by atoms with E-state index in [1.54, 1.807) is 6.07 Å². The van der Waals surface area contributed by atoms with Crippen LogP contribution < -0.4 is 10.9 Å². The Kier molecular flexibility index (Phi) is 4.69. The van der Waals surface area contributed by atoms with Gasteiger partial charge < -0.3 is 0 Å². The fourth-order valence-electron chi connectivity index (χ4n) is 2.39. The topological polar surface area (TPSA) is 118 Å². The van der Waals surface area contributed by atoms with E-state index < -0.39 is 0 Å². The molecule has 1 aromatic carbocycles. The first-order chi connectivity index (χ1) is 13.1. The van der Waals surface area contributed by atoms with Crippen LogP contribution in [-0.4, -0.2) is 35.7 Å². The molecule has 0 unspecified atom stereocenters. The highest BCUT2D eigenvalue weighted by molar-refractivity contribution is 8.00. The van der Waals surface area contributed by atoms with Crippen LogP contribution in [0.2, 0.25) is 0 Å². The van der Waals surface area contributed by atoms with Crippen LogP contribution in [0.3, 0.4) is 0 Å². The SMILES string of the molecule is Cc1ccccc1C(=O)Nc1nnc(SCc2cc(=O)n3[nH]cnc3n2)s1. The number of nitrogens with one attached hydrogen (secondary N) is 2. The van der Waals surface area contributed by atoms with E-state index in [9.17, 15) is 9.59 Å². The lowest BCUT2D eigenvalue weighted by molar-refractivity contribution is 0.102. The van der Waals surface area contributed by atoms with E-state index in [0.29, 0.717) is 32.3 Å². The van der Waals surface area contributed by atoms with Gasteiger partial charge in [-0.05, 0) is 18.6 Å². The Balaban J connectivity index is 1.42. The molecule has 3 heterocycles. The van der Waals surface area contributed by atoms with Gasteiger partial charge in [-0.25, -0.2) is 9.97 Å². The Morgan fingerprint density at radius 3 is 3.04 bits per heavy atom. The molecule has 0 aliphatic rings. The van der Waals surface area contributed by atoms with Crippen molar-refractivity contribution in [1.29, 1.82) is 0 Å². The van der Waals surface area contributed by atoms with Gasteiger partial charge in [0.25, 0.3) is 17.2 Å². The first-order valence-corrected chi connectivity index (χ1v) is 9.66. The third kappa shape index (κ3) is 3.73. The molecule has 0 atom stereocenters. The summed E-state index contributed by atoms with van der Waals surface area (Å²) < 4.78 is 1.93. The molecule has 4 rings (SSSR count). The van der Waals surface area contributed by atoms with Crippen molar-refractivity contribution >= 4 is 39.9 Å². The molecule has 0 fully saturated rings. The van der Waals surface area contributed by atoms with Crippen molar-refractivity contribution in [3.8, 4) is 0 Å². The van der Waals surface area contributed by atoms with Gasteiger partial charge in [-0.1, -0.05) is 41.3 Å². The van der Waals surface area contributed by atoms with Crippen LogP contribution in [0.5, 0.6) is 0 Å². The fourth-order valence-corrected chi connectivity index (χ4v) is 4.03. The van der Waals surface area contributed by atoms with Crippen molar-refractivity contribution < 1.29 is 4.79 Å². The lowest BCUT2D eigenvalue weighted by Gasteiger charge is -2.03. The molecule has 0 aliphatic heterocycles. The number of aromatic amines is 1. The quantitative estimate of drug-likeness (QED) is 0.390. The van der Waals surface area contributed by atoms with Crippen LogP contribution in [0.15, 0.2) is 45.8 Å². The van der Waals surface area contributed by atoms with Crippen molar-refractivity contribution in [2.75, 3.05) is 5.32 Å². The molecule has 2 N–H and O–H groups in total. The van der Waals surface area contributed by atoms with Crippen molar-refractivity contribution in [2.24, 2.45) is 0 Å². The largest absolute Gasteiger partial charge is 0.296 e. The van der Waals surface area contributed by atoms with Crippen LogP contribution in [0, 0.1) is 6.92 Å². The van der Waals surface area contributed by atoms with Gasteiger partial charge in [0.2, 0.25) is 5.13 Å². The molecule has 0 bridgehead atoms. The highest BCUT2D eigenvalue weighted by Crippen LogP contribution is 2.28. The zero-order valence-electron chi connectivity index (χ0n) is 14.0. The van der Waals surface area contributed by atoms with Gasteiger partial charge in [-0.2, -0.15) is 4.52 Å². The summed E-state index contributed by atoms with van der Waals surface area (Å²) in [4.78, 5) is 32.5. The molecule has 0 saturated heterocycles. The zero-order valence-corrected chi connectivity index (χ0v) is 15.7. The number of carbonyl (C=O) groups excluding carboxylic acids is 1. The van der Waals surface area contributed by atoms with Crippen LogP contribution in [0.4, 0.5) is 5.13 Å². The number of aryl methyl sites for hydroxylation is 1. The van der Waals surface area contributed by atoms with E-state index in [4.69, 9.17) is 0 Å². The maximum absolute atomic E-state index is 12.3. The van der Waals surface area contributed by atoms with Crippen molar-refractivity contribution in [1.82, 2.24) is 29.8 Å². The van der Waals surface area contributed by atoms with Crippen LogP contribution in [0.25, 0.3) is 5.78 Å². The third-order valence-corrected chi connectivity index (χ3v) is 5.69. The van der Waals surface area contributed by atoms with E-state index in [2.05, 4.69) is 30.6 Å². The summed E-state index contributed by atoms with van der Waals surface area (Å²) in [5.41, 5.74) is 1.86. The predicted molar refractivity (Wildman–Crippen MR) is 102 cm³/mol. The number of anilines is 1. The van der Waals surface area contributed by atoms with E-state index in [0.717, 1.165) is 5.56 Å². The number of benzene rings is 1. The second kappa shape index (κ2) is 7.29. The number of aromatic nitrogens is 6. The second-order valence-corrected chi connectivity index (χ2v) is 7.74. The molecule has 3 aromatic heterocycles. The number of thioether (sulfide) groups is 1. The number of rotatable bonds is 5. The monoisotopic (exact) mass is 399 g/mol. The normalized spacial score (nSPS) is 11.0. The molecular weight excluding hydrogens is 386 g/mol. The van der Waals surface area contributed by atoms with Crippen molar-refractivity contribution in [2.45, 2.75) is 17.0 Å². The first-order valence-electron chi connectivity index (χ1n) is 7.85. The summed E-state index contributed by atoms with van der Waals surface area (Å²) in [6.07, 6.45) is 1.41. The maximum atomic E-state index is 12.3. The average molecular weight is 399 g/mol. The van der Waals surface area contributed by atoms with Gasteiger partial charge in [-0.15, -0.1) is 10.2 Å². The van der Waals surface area contributed by atoms with Gasteiger partial charge in [0.05, 0.1) is 5.69 Å². The Bertz CT molecular complexity index is 1180. The average Bonchev–Trinajstić information content (AvgIpc) is 3.30. The molecule has 0 spiro atoms. The van der Waals surface area contributed by atoms with E-state index in [1.807, 2.05) is 25.1 Å². The van der Waals surface area contributed by atoms with Gasteiger partial charge in [0.15, 0.2) is 4.34 Å². The number of fused-ring (bicyclic) bond motifs is 1. The number of H-pyrrole nitrogens is 1. The summed E-state index contributed by atoms with van der Waals surface area (Å²) in [6, 6.07) is 8.78. The summed E-state index contributed by atoms with van der Waals surface area (Å²) in [6.45, 7) is 1.88. The molecule has 136 valence electrons. The summed E-state index contributed by atoms with van der Waals surface area (Å²) in [7, 11) is 0. The first kappa shape index (κ1) is 17.4. The standard InChI is InChI=1S/C16H13N7O2S2/c1-9-4-2-3-5-11(9)13(25)20-15-21-22-16(27-15)26-7-10-6-12(24)23-14(19-10)17-8-18-23/h2-6,8H,7H2,1H3,(H,17,18,19)(H,20,21,25). The number of nitrogens with zero attached hydrogens (tertiary/aromatic N) is 5. The number of amides is 1. The summed E-state index contributed by atoms with van der Waals surface area (Å²) >= 11 is 2.65. The van der Waals surface area contributed by atoms with E-state index in [1.165, 1.54) is 40.0 Å². The molecule has 0 saturated carbocycles. The molecule has 0 aliphatic carbocycles. The fraction of sp³-hybridized carbons (Fsp3) is 0.125. The number of hydrogen-bond acceptors (Lipinski definition) is 8. The lowest BCUT2D eigenvalue weighted by Crippen LogP contribution is -2.15. The number of hydrogen-bond donors (Lipinski definition) is 2. The third-order valence-electron chi connectivity index (χ3n) is 3.68. The van der Waals surface area contributed by atoms with E-state index in [-0.39, 0.29) is 11.5 Å². The smallest absolute Gasteiger partial charge is 0.274 e. The van der Waals surface area contributed by atoms with Crippen LogP contribution in [0.1, 0.15) is 21.6 Å². The molecule has 9 nitrogen and oxygen atoms in total. The van der Waals surface area contributed by atoms with Gasteiger partial charge in [0.1, 0.15) is 6.33 Å². The van der Waals surface area contributed by atoms with Gasteiger partial charge in [0, 0.05) is 17.4 Å². The molecule has 11 heteroatoms. The number of carbonyl (C=O) groups is 1. The Morgan fingerprint density at radius 1 is 1.33 bits per heavy atom. The minimum Gasteiger partial charge on any atom is -0.296 e. The molecule has 4 aromatic rings. The minimum atomic E-state index is -0.225. The Hall–Kier alpha value is -3.05. The maximum Gasteiger partial charge on any atom is 0.274 e. The van der Waals surface area contributed by atoms with Crippen LogP contribution >= 0.6 is 23.1 Å². The van der Waals surface area contributed by atoms with Gasteiger partial charge in [-0.3, -0.25) is 20.0 Å². The highest BCUT2D eigenvalue weighted by atomic mass is 32.2. The highest BCUT2D eigenvalue weighted by Gasteiger charge is 2.13. The van der Waals surface area contributed by atoms with Gasteiger partial charge >= 0.3 is 0 Å². The van der Waals surface area contributed by atoms with Crippen molar-refractivity contribution in [3.05, 3.63) is 63.8 Å². The lowest BCUT2D eigenvalue weighted by atomic mass is 10.1. The molecule has 27 heavy (non-hydrogen) atoms. The molecule has 0 radical (unpaired) electrons. The molecular formula is C16H13N7O2S2. The Labute approximate surface area is 160 Å². The summed E-state index contributed by atoms with van der Waals surface area (Å²) in [5.74, 6) is 0.542. The van der Waals surface area contributed by atoms with Crippen LogP contribution in [-0.2, 0) is 5.75 Å². The van der Waals surface area contributed by atoms with E-state index >= 15 is 0 Å². The molecule has 1 amide bonds. The zero-order chi connectivity index (χ0) is 18.8. The van der Waals surface area contributed by atoms with Crippen molar-refractivity contribution in [3.63, 3.8) is 0 Å².